The largest absolute Gasteiger partial charge is 0.293 e. The Morgan fingerprint density at radius 2 is 2.05 bits per heavy atom. The molecule has 0 aromatic heterocycles. The van der Waals surface area contributed by atoms with Crippen LogP contribution in [0.2, 0.25) is 0 Å². The summed E-state index contributed by atoms with van der Waals surface area (Å²) in [4.78, 5) is 10.2. The standard InChI is InChI=1S/C11H15ClN2O4S/c1-9-4-5-11(14(15)16)10(8-9)13-19(17,18)7-3-2-6-12/h4-5,8,13H,2-3,6-7H2,1H3. The first-order valence-electron chi connectivity index (χ1n) is 5.67. The third kappa shape index (κ3) is 5.04. The maximum Gasteiger partial charge on any atom is 0.293 e. The molecule has 0 saturated carbocycles. The van der Waals surface area contributed by atoms with Gasteiger partial charge in [-0.3, -0.25) is 14.8 Å². The number of halogens is 1. The lowest BCUT2D eigenvalue weighted by atomic mass is 10.2. The van der Waals surface area contributed by atoms with Crippen LogP contribution in [-0.4, -0.2) is 25.0 Å². The molecule has 1 aromatic rings. The molecule has 0 aliphatic carbocycles. The van der Waals surface area contributed by atoms with E-state index in [1.165, 1.54) is 12.1 Å². The van der Waals surface area contributed by atoms with Crippen LogP contribution in [0.5, 0.6) is 0 Å². The van der Waals surface area contributed by atoms with Crippen LogP contribution in [0, 0.1) is 17.0 Å². The van der Waals surface area contributed by atoms with E-state index >= 15 is 0 Å². The zero-order valence-corrected chi connectivity index (χ0v) is 12.0. The molecule has 0 aliphatic rings. The molecule has 1 rings (SSSR count). The van der Waals surface area contributed by atoms with E-state index in [9.17, 15) is 18.5 Å². The fraction of sp³-hybridized carbons (Fsp3) is 0.455. The Hall–Kier alpha value is -1.34. The predicted octanol–water partition coefficient (Wildman–Crippen LogP) is 2.66. The molecule has 1 aromatic carbocycles. The van der Waals surface area contributed by atoms with Crippen LogP contribution in [0.1, 0.15) is 18.4 Å². The molecule has 19 heavy (non-hydrogen) atoms. The molecule has 0 radical (unpaired) electrons. The molecule has 0 fully saturated rings. The average Bonchev–Trinajstić information content (AvgIpc) is 2.28. The summed E-state index contributed by atoms with van der Waals surface area (Å²) in [5.74, 6) is 0.283. The summed E-state index contributed by atoms with van der Waals surface area (Å²) >= 11 is 5.47. The summed E-state index contributed by atoms with van der Waals surface area (Å²) in [5, 5.41) is 10.8. The van der Waals surface area contributed by atoms with Gasteiger partial charge in [0, 0.05) is 11.9 Å². The first-order valence-corrected chi connectivity index (χ1v) is 7.86. The van der Waals surface area contributed by atoms with Gasteiger partial charge in [-0.2, -0.15) is 0 Å². The molecular formula is C11H15ClN2O4S. The summed E-state index contributed by atoms with van der Waals surface area (Å²) < 4.78 is 25.8. The van der Waals surface area contributed by atoms with Crippen molar-refractivity contribution < 1.29 is 13.3 Å². The first-order chi connectivity index (χ1) is 8.85. The molecule has 106 valence electrons. The highest BCUT2D eigenvalue weighted by atomic mass is 35.5. The van der Waals surface area contributed by atoms with Gasteiger partial charge < -0.3 is 0 Å². The Kier molecular flexibility index (Phi) is 5.56. The van der Waals surface area contributed by atoms with E-state index in [1.54, 1.807) is 13.0 Å². The summed E-state index contributed by atoms with van der Waals surface area (Å²) in [7, 11) is -3.59. The topological polar surface area (TPSA) is 89.3 Å². The van der Waals surface area contributed by atoms with Gasteiger partial charge >= 0.3 is 0 Å². The van der Waals surface area contributed by atoms with Crippen molar-refractivity contribution in [3.8, 4) is 0 Å². The number of benzene rings is 1. The number of rotatable bonds is 7. The van der Waals surface area contributed by atoms with Gasteiger partial charge in [-0.05, 0) is 31.4 Å². The normalized spacial score (nSPS) is 11.3. The molecule has 0 saturated heterocycles. The third-order valence-corrected chi connectivity index (χ3v) is 4.04. The molecule has 0 aliphatic heterocycles. The number of nitro benzene ring substituents is 1. The van der Waals surface area contributed by atoms with Crippen molar-refractivity contribution >= 4 is 33.0 Å². The van der Waals surface area contributed by atoms with Crippen LogP contribution in [-0.2, 0) is 10.0 Å². The molecule has 0 unspecified atom stereocenters. The Bertz CT molecular complexity index is 560. The van der Waals surface area contributed by atoms with Crippen molar-refractivity contribution in [1.82, 2.24) is 0 Å². The second-order valence-electron chi connectivity index (χ2n) is 4.09. The number of hydrogen-bond acceptors (Lipinski definition) is 4. The number of unbranched alkanes of at least 4 members (excludes halogenated alkanes) is 1. The summed E-state index contributed by atoms with van der Waals surface area (Å²) in [6.45, 7) is 1.73. The van der Waals surface area contributed by atoms with Crippen molar-refractivity contribution in [2.75, 3.05) is 16.4 Å². The molecule has 0 spiro atoms. The molecule has 0 amide bonds. The molecule has 0 heterocycles. The zero-order valence-electron chi connectivity index (χ0n) is 10.4. The molecule has 6 nitrogen and oxygen atoms in total. The van der Waals surface area contributed by atoms with Gasteiger partial charge in [-0.25, -0.2) is 8.42 Å². The quantitative estimate of drug-likeness (QED) is 0.363. The number of nitro groups is 1. The second kappa shape index (κ2) is 6.72. The van der Waals surface area contributed by atoms with E-state index < -0.39 is 14.9 Å². The second-order valence-corrected chi connectivity index (χ2v) is 6.31. The summed E-state index contributed by atoms with van der Waals surface area (Å²) in [6.07, 6.45) is 0.997. The number of sulfonamides is 1. The van der Waals surface area contributed by atoms with Crippen molar-refractivity contribution in [3.05, 3.63) is 33.9 Å². The average molecular weight is 307 g/mol. The van der Waals surface area contributed by atoms with Gasteiger partial charge in [0.15, 0.2) is 0 Å². The lowest BCUT2D eigenvalue weighted by Gasteiger charge is -2.08. The first kappa shape index (κ1) is 15.7. The van der Waals surface area contributed by atoms with Gasteiger partial charge in [0.2, 0.25) is 10.0 Å². The molecular weight excluding hydrogens is 292 g/mol. The number of aryl methyl sites for hydroxylation is 1. The zero-order chi connectivity index (χ0) is 14.5. The highest BCUT2D eigenvalue weighted by Gasteiger charge is 2.18. The summed E-state index contributed by atoms with van der Waals surface area (Å²) in [5.41, 5.74) is 0.478. The fourth-order valence-corrected chi connectivity index (χ4v) is 2.87. The monoisotopic (exact) mass is 306 g/mol. The van der Waals surface area contributed by atoms with Gasteiger partial charge in [-0.15, -0.1) is 11.6 Å². The molecule has 8 heteroatoms. The number of nitrogens with one attached hydrogen (secondary N) is 1. The smallest absolute Gasteiger partial charge is 0.277 e. The SMILES string of the molecule is Cc1ccc([N+](=O)[O-])c(NS(=O)(=O)CCCCCl)c1. The minimum atomic E-state index is -3.59. The molecule has 1 N–H and O–H groups in total. The number of nitrogens with zero attached hydrogens (tertiary/aromatic N) is 1. The van der Waals surface area contributed by atoms with Crippen LogP contribution in [0.4, 0.5) is 11.4 Å². The van der Waals surface area contributed by atoms with E-state index in [2.05, 4.69) is 4.72 Å². The van der Waals surface area contributed by atoms with Crippen LogP contribution in [0.3, 0.4) is 0 Å². The van der Waals surface area contributed by atoms with Gasteiger partial charge in [0.25, 0.3) is 5.69 Å². The third-order valence-electron chi connectivity index (χ3n) is 2.41. The summed E-state index contributed by atoms with van der Waals surface area (Å²) in [6, 6.07) is 4.28. The van der Waals surface area contributed by atoms with E-state index in [0.717, 1.165) is 5.56 Å². The highest BCUT2D eigenvalue weighted by molar-refractivity contribution is 7.92. The number of alkyl halides is 1. The Labute approximate surface area is 117 Å². The van der Waals surface area contributed by atoms with Crippen molar-refractivity contribution in [1.29, 1.82) is 0 Å². The van der Waals surface area contributed by atoms with Crippen molar-refractivity contribution in [2.45, 2.75) is 19.8 Å². The number of hydrogen-bond donors (Lipinski definition) is 1. The maximum absolute atomic E-state index is 11.8. The van der Waals surface area contributed by atoms with E-state index in [1.807, 2.05) is 0 Å². The van der Waals surface area contributed by atoms with E-state index in [-0.39, 0.29) is 17.1 Å². The lowest BCUT2D eigenvalue weighted by Crippen LogP contribution is -2.17. The Morgan fingerprint density at radius 1 is 1.37 bits per heavy atom. The minimum absolute atomic E-state index is 0.00382. The van der Waals surface area contributed by atoms with E-state index in [0.29, 0.717) is 18.7 Å². The van der Waals surface area contributed by atoms with Crippen LogP contribution >= 0.6 is 11.6 Å². The van der Waals surface area contributed by atoms with Crippen molar-refractivity contribution in [2.24, 2.45) is 0 Å². The number of anilines is 1. The lowest BCUT2D eigenvalue weighted by molar-refractivity contribution is -0.383. The molecule has 0 bridgehead atoms. The minimum Gasteiger partial charge on any atom is -0.277 e. The van der Waals surface area contributed by atoms with Crippen molar-refractivity contribution in [3.63, 3.8) is 0 Å². The Morgan fingerprint density at radius 3 is 2.63 bits per heavy atom. The predicted molar refractivity (Wildman–Crippen MR) is 75.2 cm³/mol. The van der Waals surface area contributed by atoms with Crippen LogP contribution in [0.25, 0.3) is 0 Å². The Balaban J connectivity index is 2.92. The van der Waals surface area contributed by atoms with Gasteiger partial charge in [0.1, 0.15) is 5.69 Å². The molecule has 0 atom stereocenters. The van der Waals surface area contributed by atoms with Crippen LogP contribution < -0.4 is 4.72 Å². The maximum atomic E-state index is 11.8. The van der Waals surface area contributed by atoms with Crippen LogP contribution in [0.15, 0.2) is 18.2 Å². The van der Waals surface area contributed by atoms with Gasteiger partial charge in [0.05, 0.1) is 10.7 Å². The van der Waals surface area contributed by atoms with Gasteiger partial charge in [-0.1, -0.05) is 6.07 Å². The van der Waals surface area contributed by atoms with E-state index in [4.69, 9.17) is 11.6 Å². The highest BCUT2D eigenvalue weighted by Crippen LogP contribution is 2.26. The fourth-order valence-electron chi connectivity index (χ4n) is 1.50.